The molecule has 118 valence electrons. The molecule has 0 bridgehead atoms. The van der Waals surface area contributed by atoms with Crippen molar-refractivity contribution in [3.05, 3.63) is 41.2 Å². The molecule has 0 aliphatic carbocycles. The quantitative estimate of drug-likeness (QED) is 0.558. The number of carbonyl (C=O) groups is 1. The number of benzene rings is 1. The molecular formula is C14H12ClN5O2S. The van der Waals surface area contributed by atoms with Crippen LogP contribution in [-0.2, 0) is 11.3 Å². The molecule has 1 N–H and O–H groups in total. The predicted octanol–water partition coefficient (Wildman–Crippen LogP) is 2.49. The Labute approximate surface area is 140 Å². The van der Waals surface area contributed by atoms with Gasteiger partial charge in [-0.05, 0) is 24.6 Å². The third-order valence-electron chi connectivity index (χ3n) is 3.15. The van der Waals surface area contributed by atoms with E-state index in [1.54, 1.807) is 23.7 Å². The first kappa shape index (κ1) is 15.7. The van der Waals surface area contributed by atoms with Gasteiger partial charge in [-0.25, -0.2) is 14.6 Å². The smallest absolute Gasteiger partial charge is 0.316 e. The number of thioether (sulfide) groups is 1. The lowest BCUT2D eigenvalue weighted by molar-refractivity contribution is -0.136. The SMILES string of the molecule is CC(Sc1ncnc2c1nnn2Cc1ccc(Cl)cc1)C(=O)O. The largest absolute Gasteiger partial charge is 0.480 e. The maximum absolute atomic E-state index is 11.0. The standard InChI is InChI=1S/C14H12ClN5O2S/c1-8(14(21)22)23-13-11-12(16-7-17-13)20(19-18-11)6-9-2-4-10(15)5-3-9/h2-5,7-8H,6H2,1H3,(H,21,22). The van der Waals surface area contributed by atoms with E-state index < -0.39 is 11.2 Å². The highest BCUT2D eigenvalue weighted by Crippen LogP contribution is 2.26. The number of hydrogen-bond acceptors (Lipinski definition) is 6. The molecule has 0 saturated carbocycles. The van der Waals surface area contributed by atoms with Crippen LogP contribution in [-0.4, -0.2) is 41.3 Å². The van der Waals surface area contributed by atoms with Gasteiger partial charge in [-0.15, -0.1) is 5.10 Å². The van der Waals surface area contributed by atoms with Crippen LogP contribution in [0.2, 0.25) is 5.02 Å². The van der Waals surface area contributed by atoms with E-state index in [0.717, 1.165) is 17.3 Å². The van der Waals surface area contributed by atoms with Gasteiger partial charge in [0.1, 0.15) is 16.6 Å². The summed E-state index contributed by atoms with van der Waals surface area (Å²) >= 11 is 7.00. The summed E-state index contributed by atoms with van der Waals surface area (Å²) in [6, 6.07) is 7.42. The third-order valence-corrected chi connectivity index (χ3v) is 4.48. The average molecular weight is 350 g/mol. The van der Waals surface area contributed by atoms with Crippen molar-refractivity contribution in [3.8, 4) is 0 Å². The van der Waals surface area contributed by atoms with Crippen molar-refractivity contribution in [2.45, 2.75) is 23.7 Å². The van der Waals surface area contributed by atoms with Crippen LogP contribution in [0.5, 0.6) is 0 Å². The summed E-state index contributed by atoms with van der Waals surface area (Å²) in [4.78, 5) is 19.3. The fourth-order valence-corrected chi connectivity index (χ4v) is 2.86. The summed E-state index contributed by atoms with van der Waals surface area (Å²) in [7, 11) is 0. The monoisotopic (exact) mass is 349 g/mol. The van der Waals surface area contributed by atoms with Crippen LogP contribution in [0.25, 0.3) is 11.2 Å². The van der Waals surface area contributed by atoms with Crippen molar-refractivity contribution in [1.82, 2.24) is 25.0 Å². The molecule has 0 amide bonds. The molecule has 1 atom stereocenters. The van der Waals surface area contributed by atoms with Gasteiger partial charge in [0, 0.05) is 5.02 Å². The second kappa shape index (κ2) is 6.51. The fourth-order valence-electron chi connectivity index (χ4n) is 1.94. The van der Waals surface area contributed by atoms with E-state index in [9.17, 15) is 4.79 Å². The Morgan fingerprint density at radius 2 is 2.09 bits per heavy atom. The number of carboxylic acid groups (broad SMARTS) is 1. The zero-order chi connectivity index (χ0) is 16.4. The number of rotatable bonds is 5. The minimum absolute atomic E-state index is 0.489. The van der Waals surface area contributed by atoms with Gasteiger partial charge in [0.05, 0.1) is 6.54 Å². The number of halogens is 1. The Bertz CT molecular complexity index is 852. The molecule has 0 aliphatic heterocycles. The van der Waals surface area contributed by atoms with E-state index in [2.05, 4.69) is 20.3 Å². The number of nitrogens with zero attached hydrogens (tertiary/aromatic N) is 5. The molecule has 9 heteroatoms. The van der Waals surface area contributed by atoms with Crippen LogP contribution in [0.15, 0.2) is 35.6 Å². The topological polar surface area (TPSA) is 93.8 Å². The van der Waals surface area contributed by atoms with E-state index in [-0.39, 0.29) is 0 Å². The lowest BCUT2D eigenvalue weighted by Crippen LogP contribution is -2.11. The molecule has 0 spiro atoms. The number of hydrogen-bond donors (Lipinski definition) is 1. The minimum Gasteiger partial charge on any atom is -0.480 e. The lowest BCUT2D eigenvalue weighted by Gasteiger charge is -2.05. The molecular weight excluding hydrogens is 338 g/mol. The van der Waals surface area contributed by atoms with Crippen molar-refractivity contribution < 1.29 is 9.90 Å². The van der Waals surface area contributed by atoms with Gasteiger partial charge in [-0.1, -0.05) is 40.7 Å². The molecule has 0 aliphatic rings. The maximum atomic E-state index is 11.0. The molecule has 7 nitrogen and oxygen atoms in total. The Kier molecular flexibility index (Phi) is 4.44. The van der Waals surface area contributed by atoms with E-state index in [1.807, 2.05) is 12.1 Å². The van der Waals surface area contributed by atoms with Crippen LogP contribution in [0.1, 0.15) is 12.5 Å². The molecule has 2 heterocycles. The normalized spacial score (nSPS) is 12.4. The average Bonchev–Trinajstić information content (AvgIpc) is 2.94. The minimum atomic E-state index is -0.907. The summed E-state index contributed by atoms with van der Waals surface area (Å²) < 4.78 is 1.65. The summed E-state index contributed by atoms with van der Waals surface area (Å²) in [6.07, 6.45) is 1.39. The molecule has 3 aromatic rings. The van der Waals surface area contributed by atoms with Gasteiger partial charge in [0.15, 0.2) is 11.2 Å². The number of aliphatic carboxylic acids is 1. The van der Waals surface area contributed by atoms with Crippen LogP contribution in [0.3, 0.4) is 0 Å². The molecule has 2 aromatic heterocycles. The summed E-state index contributed by atoms with van der Waals surface area (Å²) in [5.74, 6) is -0.907. The van der Waals surface area contributed by atoms with Crippen LogP contribution >= 0.6 is 23.4 Å². The van der Waals surface area contributed by atoms with Gasteiger partial charge in [-0.3, -0.25) is 4.79 Å². The molecule has 1 aromatic carbocycles. The zero-order valence-electron chi connectivity index (χ0n) is 12.0. The van der Waals surface area contributed by atoms with Crippen molar-refractivity contribution in [3.63, 3.8) is 0 Å². The van der Waals surface area contributed by atoms with Gasteiger partial charge in [0.25, 0.3) is 0 Å². The van der Waals surface area contributed by atoms with Crippen LogP contribution < -0.4 is 0 Å². The van der Waals surface area contributed by atoms with Gasteiger partial charge in [0.2, 0.25) is 0 Å². The molecule has 1 unspecified atom stereocenters. The lowest BCUT2D eigenvalue weighted by atomic mass is 10.2. The first-order valence-corrected chi connectivity index (χ1v) is 7.98. The fraction of sp³-hybridized carbons (Fsp3) is 0.214. The van der Waals surface area contributed by atoms with Gasteiger partial charge >= 0.3 is 5.97 Å². The zero-order valence-corrected chi connectivity index (χ0v) is 13.6. The van der Waals surface area contributed by atoms with Crippen molar-refractivity contribution in [1.29, 1.82) is 0 Å². The summed E-state index contributed by atoms with van der Waals surface area (Å²) in [5, 5.41) is 17.8. The Morgan fingerprint density at radius 1 is 1.35 bits per heavy atom. The first-order valence-electron chi connectivity index (χ1n) is 6.72. The van der Waals surface area contributed by atoms with E-state index in [0.29, 0.717) is 27.8 Å². The Morgan fingerprint density at radius 3 is 2.78 bits per heavy atom. The maximum Gasteiger partial charge on any atom is 0.316 e. The molecule has 23 heavy (non-hydrogen) atoms. The first-order chi connectivity index (χ1) is 11.0. The molecule has 0 fully saturated rings. The van der Waals surface area contributed by atoms with Crippen molar-refractivity contribution in [2.75, 3.05) is 0 Å². The highest BCUT2D eigenvalue weighted by atomic mass is 35.5. The van der Waals surface area contributed by atoms with E-state index in [4.69, 9.17) is 16.7 Å². The second-order valence-corrected chi connectivity index (χ2v) is 6.59. The van der Waals surface area contributed by atoms with Crippen LogP contribution in [0.4, 0.5) is 0 Å². The molecule has 0 saturated heterocycles. The number of aromatic nitrogens is 5. The number of carboxylic acids is 1. The predicted molar refractivity (Wildman–Crippen MR) is 86.6 cm³/mol. The highest BCUT2D eigenvalue weighted by molar-refractivity contribution is 8.00. The Hall–Kier alpha value is -2.19. The summed E-state index contributed by atoms with van der Waals surface area (Å²) in [6.45, 7) is 2.09. The van der Waals surface area contributed by atoms with Gasteiger partial charge < -0.3 is 5.11 Å². The van der Waals surface area contributed by atoms with Crippen molar-refractivity contribution in [2.24, 2.45) is 0 Å². The summed E-state index contributed by atoms with van der Waals surface area (Å²) in [5.41, 5.74) is 2.07. The second-order valence-electron chi connectivity index (χ2n) is 4.82. The van der Waals surface area contributed by atoms with E-state index in [1.165, 1.54) is 6.33 Å². The van der Waals surface area contributed by atoms with Crippen molar-refractivity contribution >= 4 is 40.5 Å². The third kappa shape index (κ3) is 3.43. The highest BCUT2D eigenvalue weighted by Gasteiger charge is 2.18. The van der Waals surface area contributed by atoms with Gasteiger partial charge in [-0.2, -0.15) is 0 Å². The van der Waals surface area contributed by atoms with E-state index >= 15 is 0 Å². The molecule has 0 radical (unpaired) electrons. The Balaban J connectivity index is 1.91. The van der Waals surface area contributed by atoms with Crippen LogP contribution in [0, 0.1) is 0 Å². The number of fused-ring (bicyclic) bond motifs is 1. The molecule has 3 rings (SSSR count).